The normalized spacial score (nSPS) is 24.4. The van der Waals surface area contributed by atoms with Crippen LogP contribution in [-0.4, -0.2) is 72.7 Å². The number of anilines is 1. The summed E-state index contributed by atoms with van der Waals surface area (Å²) in [5, 5.41) is 32.4. The first-order chi connectivity index (χ1) is 14.3. The van der Waals surface area contributed by atoms with Gasteiger partial charge in [0.1, 0.15) is 24.6 Å². The topological polar surface area (TPSA) is 180 Å². The predicted molar refractivity (Wildman–Crippen MR) is 102 cm³/mol. The largest absolute Gasteiger partial charge is 0.394 e. The molecule has 30 heavy (non-hydrogen) atoms. The highest BCUT2D eigenvalue weighted by molar-refractivity contribution is 7.85. The van der Waals surface area contributed by atoms with E-state index in [4.69, 9.17) is 4.74 Å². The molecule has 3 heterocycles. The molecular formula is C17H19N5O7S. The standard InChI is InChI=1S/C17H19N5O7S/c23-6-10-13(24)14(25)17(29-10)22-8-21-12-15(19-7-20-16(12)22)18-5-9-3-1-2-4-11(9)30(26,27)28/h1-4,7-8,10,13-14,17,23-25H,5-6H2,(H,18,19,20)(H,26,27,28)/t10-,13-,14-,17-/m1/s1. The molecule has 1 aliphatic rings. The van der Waals surface area contributed by atoms with Crippen molar-refractivity contribution in [2.24, 2.45) is 0 Å². The van der Waals surface area contributed by atoms with Crippen LogP contribution >= 0.6 is 0 Å². The van der Waals surface area contributed by atoms with Crippen LogP contribution in [0.2, 0.25) is 0 Å². The zero-order chi connectivity index (χ0) is 21.5. The molecule has 0 radical (unpaired) electrons. The summed E-state index contributed by atoms with van der Waals surface area (Å²) in [4.78, 5) is 12.3. The van der Waals surface area contributed by atoms with Crippen molar-refractivity contribution in [3.8, 4) is 0 Å². The minimum absolute atomic E-state index is 0.0305. The molecule has 0 amide bonds. The SMILES string of the molecule is O=S(=O)(O)c1ccccc1CNc1ncnc2c1ncn2[C@@H]1O[C@H](CO)[C@@H](O)[C@H]1O. The van der Waals surface area contributed by atoms with E-state index < -0.39 is 41.3 Å². The van der Waals surface area contributed by atoms with E-state index in [-0.39, 0.29) is 17.3 Å². The van der Waals surface area contributed by atoms with E-state index in [1.807, 2.05) is 0 Å². The number of nitrogens with one attached hydrogen (secondary N) is 1. The highest BCUT2D eigenvalue weighted by Crippen LogP contribution is 2.32. The first-order valence-electron chi connectivity index (χ1n) is 8.90. The molecule has 0 bridgehead atoms. The molecule has 1 aliphatic heterocycles. The van der Waals surface area contributed by atoms with E-state index >= 15 is 0 Å². The van der Waals surface area contributed by atoms with Crippen LogP contribution in [0.4, 0.5) is 5.82 Å². The number of fused-ring (bicyclic) bond motifs is 1. The first-order valence-corrected chi connectivity index (χ1v) is 10.3. The molecule has 1 saturated heterocycles. The lowest BCUT2D eigenvalue weighted by atomic mass is 10.1. The third-order valence-electron chi connectivity index (χ3n) is 4.85. The lowest BCUT2D eigenvalue weighted by molar-refractivity contribution is -0.0511. The second kappa shape index (κ2) is 7.86. The highest BCUT2D eigenvalue weighted by atomic mass is 32.2. The van der Waals surface area contributed by atoms with E-state index in [9.17, 15) is 28.3 Å². The lowest BCUT2D eigenvalue weighted by Gasteiger charge is -2.16. The van der Waals surface area contributed by atoms with Crippen molar-refractivity contribution in [1.82, 2.24) is 19.5 Å². The number of aliphatic hydroxyl groups is 3. The number of rotatable bonds is 6. The number of benzene rings is 1. The molecule has 13 heteroatoms. The maximum absolute atomic E-state index is 11.5. The van der Waals surface area contributed by atoms with Gasteiger partial charge in [-0.15, -0.1) is 0 Å². The summed E-state index contributed by atoms with van der Waals surface area (Å²) in [5.41, 5.74) is 0.944. The Morgan fingerprint density at radius 1 is 1.13 bits per heavy atom. The van der Waals surface area contributed by atoms with Crippen LogP contribution in [-0.2, 0) is 21.4 Å². The third-order valence-corrected chi connectivity index (χ3v) is 5.80. The first kappa shape index (κ1) is 20.6. The summed E-state index contributed by atoms with van der Waals surface area (Å²) in [6.45, 7) is -0.431. The molecule has 0 saturated carbocycles. The molecule has 1 fully saturated rings. The summed E-state index contributed by atoms with van der Waals surface area (Å²) in [6, 6.07) is 5.97. The minimum Gasteiger partial charge on any atom is -0.394 e. The molecule has 2 aromatic heterocycles. The van der Waals surface area contributed by atoms with Gasteiger partial charge in [-0.2, -0.15) is 8.42 Å². The Bertz CT molecular complexity index is 1170. The molecule has 0 unspecified atom stereocenters. The predicted octanol–water partition coefficient (Wildman–Crippen LogP) is -0.703. The molecule has 4 rings (SSSR count). The van der Waals surface area contributed by atoms with E-state index in [1.165, 1.54) is 29.4 Å². The van der Waals surface area contributed by atoms with Crippen molar-refractivity contribution in [1.29, 1.82) is 0 Å². The molecule has 160 valence electrons. The number of aliphatic hydroxyl groups excluding tert-OH is 3. The smallest absolute Gasteiger partial charge is 0.294 e. The molecule has 0 spiro atoms. The van der Waals surface area contributed by atoms with Crippen LogP contribution in [0.1, 0.15) is 11.8 Å². The van der Waals surface area contributed by atoms with E-state index in [0.29, 0.717) is 16.7 Å². The van der Waals surface area contributed by atoms with Gasteiger partial charge in [-0.3, -0.25) is 9.12 Å². The van der Waals surface area contributed by atoms with E-state index in [0.717, 1.165) is 0 Å². The van der Waals surface area contributed by atoms with Crippen molar-refractivity contribution in [3.63, 3.8) is 0 Å². The molecule has 12 nitrogen and oxygen atoms in total. The minimum atomic E-state index is -4.39. The molecular weight excluding hydrogens is 418 g/mol. The van der Waals surface area contributed by atoms with Gasteiger partial charge in [-0.1, -0.05) is 18.2 Å². The molecule has 0 aliphatic carbocycles. The Morgan fingerprint density at radius 3 is 2.60 bits per heavy atom. The van der Waals surface area contributed by atoms with Crippen molar-refractivity contribution < 1.29 is 33.0 Å². The number of ether oxygens (including phenoxy) is 1. The fraction of sp³-hybridized carbons (Fsp3) is 0.353. The fourth-order valence-electron chi connectivity index (χ4n) is 3.36. The van der Waals surface area contributed by atoms with Gasteiger partial charge >= 0.3 is 0 Å². The van der Waals surface area contributed by atoms with Crippen LogP contribution in [0.15, 0.2) is 41.8 Å². The number of aromatic nitrogens is 4. The van der Waals surface area contributed by atoms with Crippen LogP contribution in [0.25, 0.3) is 11.2 Å². The van der Waals surface area contributed by atoms with Crippen LogP contribution in [0, 0.1) is 0 Å². The molecule has 3 aromatic rings. The third kappa shape index (κ3) is 3.62. The monoisotopic (exact) mass is 437 g/mol. The number of hydrogen-bond donors (Lipinski definition) is 5. The van der Waals surface area contributed by atoms with Gasteiger partial charge in [0, 0.05) is 6.54 Å². The highest BCUT2D eigenvalue weighted by Gasteiger charge is 2.44. The lowest BCUT2D eigenvalue weighted by Crippen LogP contribution is -2.33. The number of hydrogen-bond acceptors (Lipinski definition) is 10. The Hall–Kier alpha value is -2.68. The fourth-order valence-corrected chi connectivity index (χ4v) is 4.08. The van der Waals surface area contributed by atoms with Crippen molar-refractivity contribution in [3.05, 3.63) is 42.5 Å². The number of nitrogens with zero attached hydrogens (tertiary/aromatic N) is 4. The Morgan fingerprint density at radius 2 is 1.90 bits per heavy atom. The summed E-state index contributed by atoms with van der Waals surface area (Å²) >= 11 is 0. The second-order valence-electron chi connectivity index (χ2n) is 6.71. The van der Waals surface area contributed by atoms with Gasteiger partial charge < -0.3 is 25.4 Å². The van der Waals surface area contributed by atoms with Crippen LogP contribution < -0.4 is 5.32 Å². The van der Waals surface area contributed by atoms with Crippen LogP contribution in [0.3, 0.4) is 0 Å². The van der Waals surface area contributed by atoms with Gasteiger partial charge in [0.15, 0.2) is 23.2 Å². The van der Waals surface area contributed by atoms with Crippen molar-refractivity contribution >= 4 is 27.1 Å². The zero-order valence-corrected chi connectivity index (χ0v) is 16.2. The summed E-state index contributed by atoms with van der Waals surface area (Å²) < 4.78 is 39.4. The van der Waals surface area contributed by atoms with Gasteiger partial charge in [-0.25, -0.2) is 15.0 Å². The van der Waals surface area contributed by atoms with Gasteiger partial charge in [-0.05, 0) is 11.6 Å². The van der Waals surface area contributed by atoms with E-state index in [1.54, 1.807) is 12.1 Å². The average molecular weight is 437 g/mol. The Balaban J connectivity index is 1.63. The maximum Gasteiger partial charge on any atom is 0.294 e. The summed E-state index contributed by atoms with van der Waals surface area (Å²) in [6.07, 6.45) is -1.92. The number of imidazole rings is 1. The molecule has 1 aromatic carbocycles. The quantitative estimate of drug-likeness (QED) is 0.308. The van der Waals surface area contributed by atoms with Gasteiger partial charge in [0.25, 0.3) is 10.1 Å². The van der Waals surface area contributed by atoms with E-state index in [2.05, 4.69) is 20.3 Å². The Labute approximate surface area is 170 Å². The maximum atomic E-state index is 11.5. The zero-order valence-electron chi connectivity index (χ0n) is 15.4. The second-order valence-corrected chi connectivity index (χ2v) is 8.10. The van der Waals surface area contributed by atoms with Crippen molar-refractivity contribution in [2.45, 2.75) is 36.0 Å². The van der Waals surface area contributed by atoms with Gasteiger partial charge in [0.2, 0.25) is 0 Å². The van der Waals surface area contributed by atoms with Crippen LogP contribution in [0.5, 0.6) is 0 Å². The molecule has 4 atom stereocenters. The van der Waals surface area contributed by atoms with Crippen molar-refractivity contribution in [2.75, 3.05) is 11.9 Å². The van der Waals surface area contributed by atoms with Gasteiger partial charge in [0.05, 0.1) is 17.8 Å². The Kier molecular flexibility index (Phi) is 5.40. The summed E-state index contributed by atoms with van der Waals surface area (Å²) in [5.74, 6) is 0.288. The molecule has 5 N–H and O–H groups in total. The average Bonchev–Trinajstić information content (AvgIpc) is 3.27. The summed E-state index contributed by atoms with van der Waals surface area (Å²) in [7, 11) is -4.39.